The molecule has 2 fully saturated rings. The van der Waals surface area contributed by atoms with E-state index < -0.39 is 29.4 Å². The van der Waals surface area contributed by atoms with Gasteiger partial charge in [0.1, 0.15) is 23.6 Å². The Morgan fingerprint density at radius 1 is 1.10 bits per heavy atom. The minimum absolute atomic E-state index is 0.106. The third-order valence-electron chi connectivity index (χ3n) is 6.03. The molecule has 7 heteroatoms. The summed E-state index contributed by atoms with van der Waals surface area (Å²) in [5.41, 5.74) is 0.0321. The van der Waals surface area contributed by atoms with Crippen LogP contribution in [0.2, 0.25) is 0 Å². The Balaban J connectivity index is 1.93. The summed E-state index contributed by atoms with van der Waals surface area (Å²) in [6.45, 7) is 1.88. The molecule has 0 spiro atoms. The number of quaternary nitrogens is 1. The van der Waals surface area contributed by atoms with Gasteiger partial charge in [-0.25, -0.2) is 4.79 Å². The summed E-state index contributed by atoms with van der Waals surface area (Å²) in [6, 6.07) is 15.1. The van der Waals surface area contributed by atoms with Gasteiger partial charge in [-0.3, -0.25) is 14.5 Å². The number of amides is 2. The maximum Gasteiger partial charge on any atom is 0.373 e. The van der Waals surface area contributed by atoms with E-state index in [0.717, 1.165) is 10.5 Å². The minimum Gasteiger partial charge on any atom is -0.508 e. The van der Waals surface area contributed by atoms with Crippen LogP contribution in [0, 0.1) is 11.8 Å². The van der Waals surface area contributed by atoms with Crippen LogP contribution in [-0.4, -0.2) is 41.4 Å². The standard InChI is InChI=1S/C22H22N2O5/c1-3-29-21(28)22(14-7-5-4-6-8-14)17-16(19(26)24(2)20(17)27)18(23-22)13-9-11-15(25)12-10-13/h4-12,16-18,23,25H,3H2,1-2H3/p+1/t16-,17+,18-,22-/m0/s1. The van der Waals surface area contributed by atoms with Crippen molar-refractivity contribution in [2.75, 3.05) is 13.7 Å². The molecule has 0 unspecified atom stereocenters. The second-order valence-corrected chi connectivity index (χ2v) is 7.48. The number of fused-ring (bicyclic) bond motifs is 1. The molecule has 3 N–H and O–H groups in total. The number of carbonyl (C=O) groups is 3. The lowest BCUT2D eigenvalue weighted by atomic mass is 9.75. The maximum absolute atomic E-state index is 13.3. The van der Waals surface area contributed by atoms with Gasteiger partial charge in [-0.05, 0) is 31.2 Å². The minimum atomic E-state index is -1.36. The summed E-state index contributed by atoms with van der Waals surface area (Å²) in [5, 5.41) is 11.4. The molecule has 4 rings (SSSR count). The molecule has 2 aliphatic heterocycles. The maximum atomic E-state index is 13.3. The average Bonchev–Trinajstić information content (AvgIpc) is 3.20. The molecule has 4 atom stereocenters. The second-order valence-electron chi connectivity index (χ2n) is 7.48. The number of hydrogen-bond donors (Lipinski definition) is 2. The third-order valence-corrected chi connectivity index (χ3v) is 6.03. The zero-order valence-corrected chi connectivity index (χ0v) is 16.2. The Labute approximate surface area is 168 Å². The van der Waals surface area contributed by atoms with Crippen molar-refractivity contribution in [2.24, 2.45) is 11.8 Å². The molecule has 0 aliphatic carbocycles. The molecule has 2 saturated heterocycles. The van der Waals surface area contributed by atoms with Crippen LogP contribution in [0.15, 0.2) is 54.6 Å². The highest BCUT2D eigenvalue weighted by Gasteiger charge is 2.72. The van der Waals surface area contributed by atoms with E-state index in [2.05, 4.69) is 0 Å². The Morgan fingerprint density at radius 3 is 2.38 bits per heavy atom. The van der Waals surface area contributed by atoms with Gasteiger partial charge in [-0.1, -0.05) is 30.3 Å². The molecular weight excluding hydrogens is 372 g/mol. The quantitative estimate of drug-likeness (QED) is 0.586. The zero-order valence-electron chi connectivity index (χ0n) is 16.2. The van der Waals surface area contributed by atoms with Crippen LogP contribution in [-0.2, 0) is 24.7 Å². The fourth-order valence-corrected chi connectivity index (χ4v) is 4.72. The number of esters is 1. The number of phenols is 1. The summed E-state index contributed by atoms with van der Waals surface area (Å²) < 4.78 is 5.42. The van der Waals surface area contributed by atoms with Crippen molar-refractivity contribution in [3.63, 3.8) is 0 Å². The van der Waals surface area contributed by atoms with Crippen LogP contribution in [0.25, 0.3) is 0 Å². The fourth-order valence-electron chi connectivity index (χ4n) is 4.72. The summed E-state index contributed by atoms with van der Waals surface area (Å²) in [6.07, 6.45) is 0. The van der Waals surface area contributed by atoms with Crippen molar-refractivity contribution < 1.29 is 29.5 Å². The molecule has 29 heavy (non-hydrogen) atoms. The van der Waals surface area contributed by atoms with Gasteiger partial charge < -0.3 is 15.2 Å². The number of ether oxygens (including phenoxy) is 1. The Kier molecular flexibility index (Phi) is 4.62. The number of likely N-dealkylation sites (tertiary alicyclic amines) is 1. The molecule has 0 radical (unpaired) electrons. The first-order valence-corrected chi connectivity index (χ1v) is 9.61. The number of nitrogens with two attached hydrogens (primary N) is 1. The van der Waals surface area contributed by atoms with E-state index in [-0.39, 0.29) is 24.2 Å². The molecule has 2 heterocycles. The van der Waals surface area contributed by atoms with Gasteiger partial charge in [0.25, 0.3) is 0 Å². The van der Waals surface area contributed by atoms with Crippen molar-refractivity contribution >= 4 is 17.8 Å². The summed E-state index contributed by atoms with van der Waals surface area (Å²) >= 11 is 0. The van der Waals surface area contributed by atoms with Crippen molar-refractivity contribution in [2.45, 2.75) is 18.5 Å². The monoisotopic (exact) mass is 395 g/mol. The zero-order chi connectivity index (χ0) is 20.8. The molecule has 7 nitrogen and oxygen atoms in total. The molecule has 2 aliphatic rings. The predicted molar refractivity (Wildman–Crippen MR) is 102 cm³/mol. The van der Waals surface area contributed by atoms with E-state index in [1.54, 1.807) is 48.6 Å². The first kappa shape index (κ1) is 19.1. The van der Waals surface area contributed by atoms with Crippen LogP contribution in [0.5, 0.6) is 5.75 Å². The van der Waals surface area contributed by atoms with E-state index in [4.69, 9.17) is 4.74 Å². The van der Waals surface area contributed by atoms with Crippen LogP contribution in [0.3, 0.4) is 0 Å². The number of hydrogen-bond acceptors (Lipinski definition) is 5. The van der Waals surface area contributed by atoms with Crippen LogP contribution in [0.4, 0.5) is 0 Å². The van der Waals surface area contributed by atoms with E-state index in [0.29, 0.717) is 5.56 Å². The summed E-state index contributed by atoms with van der Waals surface area (Å²) in [7, 11) is 1.46. The number of imide groups is 1. The van der Waals surface area contributed by atoms with E-state index in [1.165, 1.54) is 19.2 Å². The molecule has 0 aromatic heterocycles. The third kappa shape index (κ3) is 2.73. The fraction of sp³-hybridized carbons (Fsp3) is 0.318. The molecule has 0 saturated carbocycles. The Hall–Kier alpha value is -3.19. The van der Waals surface area contributed by atoms with Crippen molar-refractivity contribution in [1.29, 1.82) is 0 Å². The topological polar surface area (TPSA) is 101 Å². The smallest absolute Gasteiger partial charge is 0.373 e. The lowest BCUT2D eigenvalue weighted by Gasteiger charge is -2.29. The first-order valence-electron chi connectivity index (χ1n) is 9.61. The first-order chi connectivity index (χ1) is 13.9. The number of nitrogens with zero attached hydrogens (tertiary/aromatic N) is 1. The highest BCUT2D eigenvalue weighted by atomic mass is 16.5. The summed E-state index contributed by atoms with van der Waals surface area (Å²) in [4.78, 5) is 40.6. The molecule has 2 amide bonds. The SMILES string of the molecule is CCOC(=O)[C@@]1(c2ccccc2)[NH2+][C@@H](c2ccc(O)cc2)[C@H]2C(=O)N(C)C(=O)[C@@H]21. The number of aromatic hydroxyl groups is 1. The second kappa shape index (κ2) is 7.00. The summed E-state index contributed by atoms with van der Waals surface area (Å²) in [5.74, 6) is -2.69. The molecule has 0 bridgehead atoms. The lowest BCUT2D eigenvalue weighted by molar-refractivity contribution is -0.742. The van der Waals surface area contributed by atoms with Gasteiger partial charge in [0.2, 0.25) is 17.4 Å². The Morgan fingerprint density at radius 2 is 1.76 bits per heavy atom. The molecule has 2 aromatic rings. The van der Waals surface area contributed by atoms with Gasteiger partial charge >= 0.3 is 5.97 Å². The number of phenolic OH excluding ortho intramolecular Hbond substituents is 1. The number of benzene rings is 2. The van der Waals surface area contributed by atoms with Crippen LogP contribution in [0.1, 0.15) is 24.1 Å². The van der Waals surface area contributed by atoms with Crippen molar-refractivity contribution in [3.05, 3.63) is 65.7 Å². The lowest BCUT2D eigenvalue weighted by Crippen LogP contribution is -2.96. The van der Waals surface area contributed by atoms with Crippen molar-refractivity contribution in [3.8, 4) is 5.75 Å². The predicted octanol–water partition coefficient (Wildman–Crippen LogP) is 0.700. The highest BCUT2D eigenvalue weighted by Crippen LogP contribution is 2.48. The molecular formula is C22H23N2O5+. The number of rotatable bonds is 4. The highest BCUT2D eigenvalue weighted by molar-refractivity contribution is 6.08. The largest absolute Gasteiger partial charge is 0.508 e. The van der Waals surface area contributed by atoms with Gasteiger partial charge in [0.15, 0.2) is 0 Å². The Bertz CT molecular complexity index is 959. The van der Waals surface area contributed by atoms with E-state index in [1.807, 2.05) is 6.07 Å². The van der Waals surface area contributed by atoms with Crippen LogP contribution < -0.4 is 5.32 Å². The average molecular weight is 395 g/mol. The van der Waals surface area contributed by atoms with Crippen LogP contribution >= 0.6 is 0 Å². The molecule has 2 aromatic carbocycles. The van der Waals surface area contributed by atoms with Gasteiger partial charge in [-0.15, -0.1) is 0 Å². The van der Waals surface area contributed by atoms with Gasteiger partial charge in [-0.2, -0.15) is 0 Å². The van der Waals surface area contributed by atoms with Crippen molar-refractivity contribution in [1.82, 2.24) is 4.90 Å². The normalized spacial score (nSPS) is 28.5. The van der Waals surface area contributed by atoms with E-state index >= 15 is 0 Å². The number of carbonyl (C=O) groups excluding carboxylic acids is 3. The van der Waals surface area contributed by atoms with E-state index in [9.17, 15) is 19.5 Å². The molecule has 150 valence electrons. The van der Waals surface area contributed by atoms with Gasteiger partial charge in [0.05, 0.1) is 6.61 Å². The van der Waals surface area contributed by atoms with Gasteiger partial charge in [0, 0.05) is 18.2 Å².